The predicted molar refractivity (Wildman–Crippen MR) is 137 cm³/mol. The highest BCUT2D eigenvalue weighted by molar-refractivity contribution is 7.90. The Bertz CT molecular complexity index is 1550. The first-order valence-corrected chi connectivity index (χ1v) is 13.2. The average molecular weight is 530 g/mol. The molecule has 11 nitrogen and oxygen atoms in total. The highest BCUT2D eigenvalue weighted by atomic mass is 32.2. The Hall–Kier alpha value is -3.97. The molecule has 4 aromatic rings. The Morgan fingerprint density at radius 3 is 2.31 bits per heavy atom. The molecule has 0 aliphatic carbocycles. The van der Waals surface area contributed by atoms with E-state index in [1.807, 2.05) is 0 Å². The van der Waals surface area contributed by atoms with Crippen molar-refractivity contribution >= 4 is 54.9 Å². The summed E-state index contributed by atoms with van der Waals surface area (Å²) in [6, 6.07) is 10.0. The molecule has 36 heavy (non-hydrogen) atoms. The third kappa shape index (κ3) is 5.31. The van der Waals surface area contributed by atoms with Crippen LogP contribution in [-0.4, -0.2) is 54.9 Å². The number of nitrogens with zero attached hydrogens (tertiary/aromatic N) is 3. The van der Waals surface area contributed by atoms with Crippen molar-refractivity contribution in [3.05, 3.63) is 52.5 Å². The number of anilines is 3. The van der Waals surface area contributed by atoms with Crippen LogP contribution in [-0.2, 0) is 16.4 Å². The predicted octanol–water partition coefficient (Wildman–Crippen LogP) is 3.87. The van der Waals surface area contributed by atoms with Crippen LogP contribution in [0.3, 0.4) is 0 Å². The van der Waals surface area contributed by atoms with Gasteiger partial charge in [0, 0.05) is 24.3 Å². The van der Waals surface area contributed by atoms with Crippen LogP contribution in [0.15, 0.2) is 41.3 Å². The number of hydrogen-bond acceptors (Lipinski definition) is 11. The van der Waals surface area contributed by atoms with E-state index in [1.165, 1.54) is 14.2 Å². The average Bonchev–Trinajstić information content (AvgIpc) is 3.21. The monoisotopic (exact) mass is 529 g/mol. The van der Waals surface area contributed by atoms with Crippen molar-refractivity contribution in [1.29, 1.82) is 0 Å². The van der Waals surface area contributed by atoms with Crippen molar-refractivity contribution in [1.82, 2.24) is 15.0 Å². The lowest BCUT2D eigenvalue weighted by Gasteiger charge is -2.14. The zero-order valence-electron chi connectivity index (χ0n) is 19.8. The summed E-state index contributed by atoms with van der Waals surface area (Å²) in [5, 5.41) is 16.6. The lowest BCUT2D eigenvalue weighted by Crippen LogP contribution is -2.06. The molecule has 0 aliphatic heterocycles. The molecule has 2 aromatic heterocycles. The molecule has 0 saturated heterocycles. The first-order valence-electron chi connectivity index (χ1n) is 10.5. The molecule has 188 valence electrons. The maximum absolute atomic E-state index is 11.7. The van der Waals surface area contributed by atoms with Crippen LogP contribution in [0.4, 0.5) is 16.9 Å². The SMILES string of the molecule is COc1cc2nc(Nc3nc(C)c(C(=O)O)s3)nc(NCc3ccc(S(C)(=O)=O)cc3)c2cc1OC. The highest BCUT2D eigenvalue weighted by Crippen LogP contribution is 2.35. The van der Waals surface area contributed by atoms with Gasteiger partial charge in [0.15, 0.2) is 26.5 Å². The standard InChI is InChI=1S/C23H23N5O6S2/c1-12-19(21(29)30)35-23(25-12)28-22-26-16-10-18(34-3)17(33-2)9-15(16)20(27-22)24-11-13-5-7-14(8-6-13)36(4,31)32/h5-10H,11H2,1-4H3,(H,29,30)(H2,24,25,26,27,28). The number of carbonyl (C=O) groups is 1. The van der Waals surface area contributed by atoms with Crippen LogP contribution in [0.1, 0.15) is 20.9 Å². The highest BCUT2D eigenvalue weighted by Gasteiger charge is 2.17. The number of nitrogens with one attached hydrogen (secondary N) is 2. The number of sulfone groups is 1. The minimum absolute atomic E-state index is 0.126. The van der Waals surface area contributed by atoms with Crippen molar-refractivity contribution in [3.8, 4) is 11.5 Å². The van der Waals surface area contributed by atoms with Gasteiger partial charge in [0.2, 0.25) is 5.95 Å². The summed E-state index contributed by atoms with van der Waals surface area (Å²) in [4.78, 5) is 25.1. The molecule has 0 unspecified atom stereocenters. The number of benzene rings is 2. The zero-order chi connectivity index (χ0) is 26.0. The Morgan fingerprint density at radius 2 is 1.72 bits per heavy atom. The Morgan fingerprint density at radius 1 is 1.06 bits per heavy atom. The summed E-state index contributed by atoms with van der Waals surface area (Å²) in [7, 11) is -0.236. The third-order valence-electron chi connectivity index (χ3n) is 5.22. The van der Waals surface area contributed by atoms with E-state index in [-0.39, 0.29) is 15.7 Å². The minimum Gasteiger partial charge on any atom is -0.493 e. The van der Waals surface area contributed by atoms with Crippen LogP contribution in [0.5, 0.6) is 11.5 Å². The Balaban J connectivity index is 1.71. The molecule has 4 rings (SSSR count). The molecular formula is C23H23N5O6S2. The van der Waals surface area contributed by atoms with Crippen LogP contribution in [0.2, 0.25) is 0 Å². The largest absolute Gasteiger partial charge is 0.493 e. The van der Waals surface area contributed by atoms with Crippen molar-refractivity contribution in [2.24, 2.45) is 0 Å². The van der Waals surface area contributed by atoms with Gasteiger partial charge in [0.25, 0.3) is 0 Å². The normalized spacial score (nSPS) is 11.3. The number of methoxy groups -OCH3 is 2. The second kappa shape index (κ2) is 9.95. The van der Waals surface area contributed by atoms with Crippen molar-refractivity contribution in [2.75, 3.05) is 31.1 Å². The molecule has 0 aliphatic rings. The molecular weight excluding hydrogens is 506 g/mol. The number of carboxylic acid groups (broad SMARTS) is 1. The number of aryl methyl sites for hydroxylation is 1. The first-order chi connectivity index (χ1) is 17.1. The number of fused-ring (bicyclic) bond motifs is 1. The summed E-state index contributed by atoms with van der Waals surface area (Å²) >= 11 is 0.985. The van der Waals surface area contributed by atoms with Gasteiger partial charge < -0.3 is 19.9 Å². The van der Waals surface area contributed by atoms with Crippen molar-refractivity contribution < 1.29 is 27.8 Å². The van der Waals surface area contributed by atoms with E-state index in [0.717, 1.165) is 23.2 Å². The molecule has 2 heterocycles. The van der Waals surface area contributed by atoms with Gasteiger partial charge in [-0.25, -0.2) is 23.2 Å². The number of aromatic nitrogens is 3. The molecule has 0 amide bonds. The number of thiazole rings is 1. The van der Waals surface area contributed by atoms with Gasteiger partial charge >= 0.3 is 5.97 Å². The fraction of sp³-hybridized carbons (Fsp3) is 0.217. The first kappa shape index (κ1) is 25.1. The summed E-state index contributed by atoms with van der Waals surface area (Å²) in [6.07, 6.45) is 1.16. The van der Waals surface area contributed by atoms with Gasteiger partial charge in [-0.15, -0.1) is 0 Å². The molecule has 2 aromatic carbocycles. The van der Waals surface area contributed by atoms with E-state index in [4.69, 9.17) is 9.47 Å². The van der Waals surface area contributed by atoms with Gasteiger partial charge in [-0.05, 0) is 30.7 Å². The smallest absolute Gasteiger partial charge is 0.347 e. The quantitative estimate of drug-likeness (QED) is 0.290. The van der Waals surface area contributed by atoms with E-state index in [1.54, 1.807) is 43.3 Å². The minimum atomic E-state index is -3.29. The van der Waals surface area contributed by atoms with Gasteiger partial charge in [-0.3, -0.25) is 5.32 Å². The summed E-state index contributed by atoms with van der Waals surface area (Å²) in [6.45, 7) is 1.97. The van der Waals surface area contributed by atoms with Gasteiger partial charge in [0.1, 0.15) is 10.7 Å². The second-order valence-corrected chi connectivity index (χ2v) is 10.8. The van der Waals surface area contributed by atoms with Gasteiger partial charge in [0.05, 0.1) is 30.3 Å². The van der Waals surface area contributed by atoms with E-state index in [9.17, 15) is 18.3 Å². The van der Waals surface area contributed by atoms with E-state index in [0.29, 0.717) is 45.6 Å². The maximum atomic E-state index is 11.7. The summed E-state index contributed by atoms with van der Waals surface area (Å²) in [5.41, 5.74) is 1.77. The Labute approximate surface area is 211 Å². The number of ether oxygens (including phenoxy) is 2. The Kier molecular flexibility index (Phi) is 6.95. The second-order valence-electron chi connectivity index (χ2n) is 7.75. The number of hydrogen-bond donors (Lipinski definition) is 3. The van der Waals surface area contributed by atoms with Crippen LogP contribution in [0, 0.1) is 6.92 Å². The number of aromatic carboxylic acids is 1. The van der Waals surface area contributed by atoms with E-state index < -0.39 is 15.8 Å². The number of rotatable bonds is 9. The summed E-state index contributed by atoms with van der Waals surface area (Å²) < 4.78 is 34.3. The summed E-state index contributed by atoms with van der Waals surface area (Å²) in [5.74, 6) is 0.600. The molecule has 0 radical (unpaired) electrons. The topological polar surface area (TPSA) is 153 Å². The molecule has 0 atom stereocenters. The van der Waals surface area contributed by atoms with Crippen molar-refractivity contribution in [3.63, 3.8) is 0 Å². The fourth-order valence-electron chi connectivity index (χ4n) is 3.43. The molecule has 3 N–H and O–H groups in total. The van der Waals surface area contributed by atoms with Crippen LogP contribution in [0.25, 0.3) is 10.9 Å². The molecule has 13 heteroatoms. The number of carboxylic acids is 1. The molecule has 0 fully saturated rings. The molecule has 0 saturated carbocycles. The maximum Gasteiger partial charge on any atom is 0.347 e. The molecule has 0 bridgehead atoms. The van der Waals surface area contributed by atoms with Crippen molar-refractivity contribution in [2.45, 2.75) is 18.4 Å². The van der Waals surface area contributed by atoms with Gasteiger partial charge in [-0.2, -0.15) is 4.98 Å². The van der Waals surface area contributed by atoms with Gasteiger partial charge in [-0.1, -0.05) is 23.5 Å². The lowest BCUT2D eigenvalue weighted by molar-refractivity contribution is 0.0701. The van der Waals surface area contributed by atoms with Crippen LogP contribution >= 0.6 is 11.3 Å². The van der Waals surface area contributed by atoms with E-state index in [2.05, 4.69) is 25.6 Å². The fourth-order valence-corrected chi connectivity index (χ4v) is 4.86. The zero-order valence-corrected chi connectivity index (χ0v) is 21.5. The van der Waals surface area contributed by atoms with Crippen LogP contribution < -0.4 is 20.1 Å². The lowest BCUT2D eigenvalue weighted by atomic mass is 10.2. The van der Waals surface area contributed by atoms with E-state index >= 15 is 0 Å². The third-order valence-corrected chi connectivity index (χ3v) is 7.41. The molecule has 0 spiro atoms.